The number of hydrogen-bond acceptors (Lipinski definition) is 3. The van der Waals surface area contributed by atoms with Gasteiger partial charge in [-0.3, -0.25) is 0 Å². The quantitative estimate of drug-likeness (QED) is 0.741. The second-order valence-electron chi connectivity index (χ2n) is 8.62. The molecular formula is C18H32N2O2. The van der Waals surface area contributed by atoms with Crippen molar-refractivity contribution in [3.05, 3.63) is 0 Å². The van der Waals surface area contributed by atoms with Gasteiger partial charge in [-0.15, -0.1) is 0 Å². The number of carbonyl (C=O) groups excluding carboxylic acids is 1. The van der Waals surface area contributed by atoms with Crippen LogP contribution in [0.15, 0.2) is 0 Å². The van der Waals surface area contributed by atoms with Crippen LogP contribution in [0.2, 0.25) is 0 Å². The Balaban J connectivity index is 1.60. The van der Waals surface area contributed by atoms with Crippen molar-refractivity contribution in [2.24, 2.45) is 5.92 Å². The van der Waals surface area contributed by atoms with Gasteiger partial charge in [-0.25, -0.2) is 4.79 Å². The third kappa shape index (κ3) is 3.42. The van der Waals surface area contributed by atoms with Crippen LogP contribution in [0.3, 0.4) is 0 Å². The molecule has 0 saturated carbocycles. The molecule has 1 unspecified atom stereocenters. The molecule has 1 amide bonds. The van der Waals surface area contributed by atoms with Crippen molar-refractivity contribution in [2.45, 2.75) is 89.9 Å². The number of hydrogen-bond donors (Lipinski definition) is 0. The fourth-order valence-electron chi connectivity index (χ4n) is 4.45. The second-order valence-corrected chi connectivity index (χ2v) is 8.62. The number of piperidine rings is 2. The van der Waals surface area contributed by atoms with E-state index in [1.807, 2.05) is 20.8 Å². The zero-order valence-corrected chi connectivity index (χ0v) is 14.7. The Kier molecular flexibility index (Phi) is 4.41. The molecule has 0 N–H and O–H groups in total. The van der Waals surface area contributed by atoms with Gasteiger partial charge in [-0.2, -0.15) is 0 Å². The molecule has 3 fully saturated rings. The average Bonchev–Trinajstić information content (AvgIpc) is 2.69. The number of amides is 1. The van der Waals surface area contributed by atoms with Crippen LogP contribution >= 0.6 is 0 Å². The molecule has 0 spiro atoms. The van der Waals surface area contributed by atoms with Gasteiger partial charge < -0.3 is 14.5 Å². The molecule has 3 heterocycles. The lowest BCUT2D eigenvalue weighted by molar-refractivity contribution is -0.00720. The summed E-state index contributed by atoms with van der Waals surface area (Å²) in [7, 11) is 0. The largest absolute Gasteiger partial charge is 0.444 e. The summed E-state index contributed by atoms with van der Waals surface area (Å²) in [4.78, 5) is 17.2. The summed E-state index contributed by atoms with van der Waals surface area (Å²) in [5, 5.41) is 0. The summed E-state index contributed by atoms with van der Waals surface area (Å²) >= 11 is 0. The van der Waals surface area contributed by atoms with E-state index < -0.39 is 5.60 Å². The molecule has 2 bridgehead atoms. The van der Waals surface area contributed by atoms with E-state index in [0.29, 0.717) is 18.1 Å². The minimum absolute atomic E-state index is 0.0919. The summed E-state index contributed by atoms with van der Waals surface area (Å²) in [5.74, 6) is 0.884. The number of carbonyl (C=O) groups is 1. The van der Waals surface area contributed by atoms with Gasteiger partial charge in [-0.05, 0) is 78.3 Å². The minimum atomic E-state index is -0.392. The first kappa shape index (κ1) is 16.1. The topological polar surface area (TPSA) is 32.8 Å². The molecule has 0 aromatic rings. The summed E-state index contributed by atoms with van der Waals surface area (Å²) < 4.78 is 5.63. The third-order valence-electron chi connectivity index (χ3n) is 5.65. The average molecular weight is 308 g/mol. The fourth-order valence-corrected chi connectivity index (χ4v) is 4.45. The molecule has 3 saturated heterocycles. The molecule has 126 valence electrons. The maximum absolute atomic E-state index is 12.5. The smallest absolute Gasteiger partial charge is 0.410 e. The molecule has 3 aliphatic rings. The molecular weight excluding hydrogens is 276 g/mol. The molecule has 3 rings (SSSR count). The van der Waals surface area contributed by atoms with Crippen molar-refractivity contribution >= 4 is 6.09 Å². The van der Waals surface area contributed by atoms with Crippen LogP contribution in [-0.2, 0) is 4.74 Å². The van der Waals surface area contributed by atoms with Gasteiger partial charge in [0, 0.05) is 18.1 Å². The lowest BCUT2D eigenvalue weighted by atomic mass is 9.92. The Morgan fingerprint density at radius 1 is 0.955 bits per heavy atom. The lowest BCUT2D eigenvalue weighted by Crippen LogP contribution is -2.54. The molecule has 3 atom stereocenters. The summed E-state index contributed by atoms with van der Waals surface area (Å²) in [6.07, 6.45) is 7.18. The number of nitrogens with zero attached hydrogens (tertiary/aromatic N) is 2. The van der Waals surface area contributed by atoms with Crippen LogP contribution in [0.25, 0.3) is 0 Å². The highest BCUT2D eigenvalue weighted by atomic mass is 16.6. The first-order valence-corrected chi connectivity index (χ1v) is 9.09. The van der Waals surface area contributed by atoms with E-state index in [9.17, 15) is 4.79 Å². The Bertz CT molecular complexity index is 396. The zero-order valence-electron chi connectivity index (χ0n) is 14.7. The third-order valence-corrected chi connectivity index (χ3v) is 5.65. The number of ether oxygens (including phenoxy) is 1. The fraction of sp³-hybridized carbons (Fsp3) is 0.944. The van der Waals surface area contributed by atoms with Crippen molar-refractivity contribution in [1.82, 2.24) is 9.80 Å². The highest BCUT2D eigenvalue weighted by molar-refractivity contribution is 5.69. The van der Waals surface area contributed by atoms with E-state index in [0.717, 1.165) is 31.6 Å². The number of likely N-dealkylation sites (tertiary alicyclic amines) is 1. The van der Waals surface area contributed by atoms with Crippen LogP contribution in [-0.4, -0.2) is 52.7 Å². The highest BCUT2D eigenvalue weighted by Gasteiger charge is 2.46. The predicted molar refractivity (Wildman–Crippen MR) is 87.9 cm³/mol. The molecule has 4 heteroatoms. The molecule has 4 nitrogen and oxygen atoms in total. The second kappa shape index (κ2) is 6.03. The van der Waals surface area contributed by atoms with E-state index in [1.54, 1.807) is 0 Å². The van der Waals surface area contributed by atoms with Gasteiger partial charge in [0.15, 0.2) is 0 Å². The van der Waals surface area contributed by atoms with E-state index in [1.165, 1.54) is 25.9 Å². The maximum atomic E-state index is 12.5. The SMILES string of the molecule is CC1CCN(C2C[C@H]3CC[C@@H](C2)N3C(=O)OC(C)(C)C)CC1. The standard InChI is InChI=1S/C18H32N2O2/c1-13-7-9-19(10-8-13)16-11-14-5-6-15(12-16)20(14)17(21)22-18(2,3)4/h13-16H,5-12H2,1-4H3/t14-,15+,16?. The predicted octanol–water partition coefficient (Wildman–Crippen LogP) is 3.65. The molecule has 0 aromatic heterocycles. The Labute approximate surface area is 135 Å². The van der Waals surface area contributed by atoms with E-state index in [4.69, 9.17) is 4.74 Å². The van der Waals surface area contributed by atoms with E-state index in [-0.39, 0.29) is 6.09 Å². The van der Waals surface area contributed by atoms with Crippen molar-refractivity contribution in [1.29, 1.82) is 0 Å². The summed E-state index contributed by atoms with van der Waals surface area (Å²) in [6.45, 7) is 10.7. The normalized spacial score (nSPS) is 34.0. The van der Waals surface area contributed by atoms with Gasteiger partial charge in [0.25, 0.3) is 0 Å². The van der Waals surface area contributed by atoms with Gasteiger partial charge in [0.2, 0.25) is 0 Å². The zero-order chi connectivity index (χ0) is 15.9. The van der Waals surface area contributed by atoms with Crippen molar-refractivity contribution in [3.8, 4) is 0 Å². The monoisotopic (exact) mass is 308 g/mol. The lowest BCUT2D eigenvalue weighted by Gasteiger charge is -2.45. The molecule has 0 aromatic carbocycles. The molecule has 3 aliphatic heterocycles. The van der Waals surface area contributed by atoms with Crippen molar-refractivity contribution in [2.75, 3.05) is 13.1 Å². The van der Waals surface area contributed by atoms with Crippen LogP contribution in [0.1, 0.15) is 66.2 Å². The molecule has 0 radical (unpaired) electrons. The first-order valence-electron chi connectivity index (χ1n) is 9.09. The maximum Gasteiger partial charge on any atom is 0.410 e. The van der Waals surface area contributed by atoms with Crippen LogP contribution in [0.5, 0.6) is 0 Å². The van der Waals surface area contributed by atoms with Gasteiger partial charge >= 0.3 is 6.09 Å². The van der Waals surface area contributed by atoms with Crippen LogP contribution in [0.4, 0.5) is 4.79 Å². The van der Waals surface area contributed by atoms with Crippen LogP contribution < -0.4 is 0 Å². The summed E-state index contributed by atoms with van der Waals surface area (Å²) in [5.41, 5.74) is -0.392. The summed E-state index contributed by atoms with van der Waals surface area (Å²) in [6, 6.07) is 1.49. The highest BCUT2D eigenvalue weighted by Crippen LogP contribution is 2.39. The van der Waals surface area contributed by atoms with Gasteiger partial charge in [0.1, 0.15) is 5.60 Å². The molecule has 22 heavy (non-hydrogen) atoms. The van der Waals surface area contributed by atoms with Gasteiger partial charge in [-0.1, -0.05) is 6.92 Å². The van der Waals surface area contributed by atoms with Crippen molar-refractivity contribution < 1.29 is 9.53 Å². The van der Waals surface area contributed by atoms with Gasteiger partial charge in [0.05, 0.1) is 0 Å². The van der Waals surface area contributed by atoms with E-state index >= 15 is 0 Å². The Morgan fingerprint density at radius 3 is 2.00 bits per heavy atom. The number of fused-ring (bicyclic) bond motifs is 2. The van der Waals surface area contributed by atoms with Crippen molar-refractivity contribution in [3.63, 3.8) is 0 Å². The Morgan fingerprint density at radius 2 is 1.50 bits per heavy atom. The Hall–Kier alpha value is -0.770. The minimum Gasteiger partial charge on any atom is -0.444 e. The van der Waals surface area contributed by atoms with E-state index in [2.05, 4.69) is 16.7 Å². The van der Waals surface area contributed by atoms with Crippen LogP contribution in [0, 0.1) is 5.92 Å². The number of rotatable bonds is 1. The molecule has 0 aliphatic carbocycles. The first-order chi connectivity index (χ1) is 10.3.